The van der Waals surface area contributed by atoms with Gasteiger partial charge in [0.25, 0.3) is 0 Å². The molecule has 0 spiro atoms. The Morgan fingerprint density at radius 2 is 0.962 bits per heavy atom. The van der Waals surface area contributed by atoms with Crippen LogP contribution in [0.1, 0.15) is 66.2 Å². The van der Waals surface area contributed by atoms with E-state index in [0.717, 1.165) is 12.8 Å². The van der Waals surface area contributed by atoms with Gasteiger partial charge in [0.05, 0.1) is 13.2 Å². The molecular formula is C16H36O10. The average molecular weight is 388 g/mol. The second-order valence-corrected chi connectivity index (χ2v) is 5.65. The van der Waals surface area contributed by atoms with E-state index in [-0.39, 0.29) is 0 Å². The van der Waals surface area contributed by atoms with E-state index >= 15 is 0 Å². The van der Waals surface area contributed by atoms with Crippen molar-refractivity contribution in [3.05, 3.63) is 0 Å². The van der Waals surface area contributed by atoms with Gasteiger partial charge in [0.15, 0.2) is 0 Å². The summed E-state index contributed by atoms with van der Waals surface area (Å²) in [5, 5.41) is 44.0. The van der Waals surface area contributed by atoms with E-state index in [2.05, 4.69) is 37.5 Å². The minimum absolute atomic E-state index is 0.472. The monoisotopic (exact) mass is 388 g/mol. The number of carboxylic acid groups (broad SMARTS) is 4. The summed E-state index contributed by atoms with van der Waals surface area (Å²) < 4.78 is 0. The zero-order valence-corrected chi connectivity index (χ0v) is 16.1. The summed E-state index contributed by atoms with van der Waals surface area (Å²) in [4.78, 5) is 25.1. The first-order valence-electron chi connectivity index (χ1n) is 8.45. The summed E-state index contributed by atoms with van der Waals surface area (Å²) in [7, 11) is 0. The summed E-state index contributed by atoms with van der Waals surface area (Å²) in [5.41, 5.74) is 0. The van der Waals surface area contributed by atoms with Crippen molar-refractivity contribution in [3.8, 4) is 0 Å². The van der Waals surface area contributed by atoms with Crippen LogP contribution in [0.5, 0.6) is 0 Å². The lowest BCUT2D eigenvalue weighted by Crippen LogP contribution is -2.02. The molecule has 0 aliphatic heterocycles. The van der Waals surface area contributed by atoms with Crippen LogP contribution in [0.25, 0.3) is 0 Å². The Hall–Kier alpha value is -1.62. The molecule has 26 heavy (non-hydrogen) atoms. The number of carbonyl (C=O) groups is 2. The second-order valence-electron chi connectivity index (χ2n) is 5.65. The third-order valence-corrected chi connectivity index (χ3v) is 2.82. The van der Waals surface area contributed by atoms with Crippen LogP contribution in [0, 0.1) is 11.8 Å². The smallest absolute Gasteiger partial charge is 0.450 e. The van der Waals surface area contributed by atoms with Crippen molar-refractivity contribution in [2.75, 3.05) is 13.2 Å². The van der Waals surface area contributed by atoms with E-state index in [1.165, 1.54) is 25.7 Å². The van der Waals surface area contributed by atoms with Crippen molar-refractivity contribution in [2.24, 2.45) is 11.8 Å². The number of hydrogen-bond donors (Lipinski definition) is 6. The Labute approximate surface area is 154 Å². The zero-order chi connectivity index (χ0) is 21.4. The molecule has 2 atom stereocenters. The minimum Gasteiger partial charge on any atom is -0.450 e. The molecule has 10 heteroatoms. The third-order valence-electron chi connectivity index (χ3n) is 2.82. The molecule has 0 aromatic rings. The van der Waals surface area contributed by atoms with Gasteiger partial charge in [0, 0.05) is 0 Å². The molecule has 0 bridgehead atoms. The van der Waals surface area contributed by atoms with Gasteiger partial charge in [-0.25, -0.2) is 19.4 Å². The van der Waals surface area contributed by atoms with Crippen LogP contribution in [0.2, 0.25) is 0 Å². The van der Waals surface area contributed by atoms with E-state index in [0.29, 0.717) is 25.0 Å². The minimum atomic E-state index is -1.83. The zero-order valence-electron chi connectivity index (χ0n) is 16.1. The highest BCUT2D eigenvalue weighted by molar-refractivity contribution is 5.53. The molecule has 6 N–H and O–H groups in total. The first-order chi connectivity index (χ1) is 12.1. The predicted octanol–water partition coefficient (Wildman–Crippen LogP) is 5.05. The van der Waals surface area contributed by atoms with Gasteiger partial charge in [-0.3, -0.25) is 10.5 Å². The quantitative estimate of drug-likeness (QED) is 0.219. The van der Waals surface area contributed by atoms with Crippen LogP contribution >= 0.6 is 0 Å². The topological polar surface area (TPSA) is 174 Å². The fourth-order valence-electron chi connectivity index (χ4n) is 1.53. The van der Waals surface area contributed by atoms with Gasteiger partial charge >= 0.3 is 12.3 Å². The second kappa shape index (κ2) is 28.2. The molecule has 160 valence electrons. The van der Waals surface area contributed by atoms with Crippen molar-refractivity contribution in [1.82, 2.24) is 0 Å². The predicted molar refractivity (Wildman–Crippen MR) is 95.8 cm³/mol. The van der Waals surface area contributed by atoms with Crippen molar-refractivity contribution >= 4 is 12.3 Å². The molecule has 0 fully saturated rings. The number of hydrogen-bond acceptors (Lipinski definition) is 6. The molecule has 0 aromatic heterocycles. The Kier molecular flexibility index (Phi) is 34.8. The highest BCUT2D eigenvalue weighted by Gasteiger charge is 1.99. The maximum absolute atomic E-state index is 8.56. The van der Waals surface area contributed by atoms with Crippen LogP contribution in [-0.4, -0.2) is 56.5 Å². The van der Waals surface area contributed by atoms with Gasteiger partial charge in [-0.05, 0) is 24.7 Å². The molecule has 0 radical (unpaired) electrons. The number of rotatable bonds is 10. The van der Waals surface area contributed by atoms with Crippen LogP contribution < -0.4 is 0 Å². The Morgan fingerprint density at radius 3 is 1.12 bits per heavy atom. The fraction of sp³-hybridized carbons (Fsp3) is 0.875. The van der Waals surface area contributed by atoms with Crippen molar-refractivity contribution in [1.29, 1.82) is 0 Å². The van der Waals surface area contributed by atoms with Crippen molar-refractivity contribution < 1.29 is 50.3 Å². The summed E-state index contributed by atoms with van der Waals surface area (Å²) in [6, 6.07) is 0. The SMILES string of the molecule is CCCCC(C)COO.CCCCC(C)COO.O=C(O)O.O=C(O)O. The van der Waals surface area contributed by atoms with Gasteiger partial charge < -0.3 is 20.4 Å². The molecule has 0 heterocycles. The molecule has 0 aromatic carbocycles. The lowest BCUT2D eigenvalue weighted by atomic mass is 10.1. The van der Waals surface area contributed by atoms with Crippen LogP contribution in [-0.2, 0) is 9.78 Å². The first-order valence-corrected chi connectivity index (χ1v) is 8.45. The molecule has 0 amide bonds. The Morgan fingerprint density at radius 1 is 0.731 bits per heavy atom. The summed E-state index contributed by atoms with van der Waals surface area (Å²) >= 11 is 0. The average Bonchev–Trinajstić information content (AvgIpc) is 2.51. The van der Waals surface area contributed by atoms with Gasteiger partial charge in [-0.15, -0.1) is 0 Å². The van der Waals surface area contributed by atoms with Crippen LogP contribution in [0.4, 0.5) is 9.59 Å². The lowest BCUT2D eigenvalue weighted by Gasteiger charge is -2.05. The van der Waals surface area contributed by atoms with Gasteiger partial charge in [-0.2, -0.15) is 0 Å². The lowest BCUT2D eigenvalue weighted by molar-refractivity contribution is -0.250. The molecule has 0 aliphatic rings. The first kappa shape index (κ1) is 32.1. The van der Waals surface area contributed by atoms with E-state index < -0.39 is 12.3 Å². The highest BCUT2D eigenvalue weighted by atomic mass is 17.1. The van der Waals surface area contributed by atoms with Gasteiger partial charge in [0.2, 0.25) is 0 Å². The van der Waals surface area contributed by atoms with E-state index in [9.17, 15) is 0 Å². The van der Waals surface area contributed by atoms with Crippen LogP contribution in [0.15, 0.2) is 0 Å². The number of unbranched alkanes of at least 4 members (excludes halogenated alkanes) is 2. The standard InChI is InChI=1S/2C7H16O2.2CH2O3/c2*1-3-4-5-7(2)6-9-8;2*2-1(3)4/h2*7-8H,3-6H2,1-2H3;2*(H2,2,3,4). The van der Waals surface area contributed by atoms with Crippen LogP contribution in [0.3, 0.4) is 0 Å². The Bertz CT molecular complexity index is 250. The van der Waals surface area contributed by atoms with E-state index in [1.807, 2.05) is 0 Å². The van der Waals surface area contributed by atoms with Crippen molar-refractivity contribution in [2.45, 2.75) is 66.2 Å². The van der Waals surface area contributed by atoms with Gasteiger partial charge in [-0.1, -0.05) is 53.4 Å². The molecule has 10 nitrogen and oxygen atoms in total. The summed E-state index contributed by atoms with van der Waals surface area (Å²) in [5.74, 6) is 0.991. The molecule has 0 rings (SSSR count). The molecule has 0 saturated heterocycles. The van der Waals surface area contributed by atoms with Crippen molar-refractivity contribution in [3.63, 3.8) is 0 Å². The highest BCUT2D eigenvalue weighted by Crippen LogP contribution is 2.07. The molecule has 0 aliphatic carbocycles. The normalized spacial score (nSPS) is 11.3. The third kappa shape index (κ3) is 66.7. The summed E-state index contributed by atoms with van der Waals surface area (Å²) in [6.45, 7) is 9.41. The largest absolute Gasteiger partial charge is 0.503 e. The Balaban J connectivity index is -0.000000134. The summed E-state index contributed by atoms with van der Waals surface area (Å²) in [6.07, 6.45) is 3.52. The molecule has 2 unspecified atom stereocenters. The fourth-order valence-corrected chi connectivity index (χ4v) is 1.53. The molecular weight excluding hydrogens is 352 g/mol. The molecule has 0 saturated carbocycles. The maximum Gasteiger partial charge on any atom is 0.503 e. The maximum atomic E-state index is 8.56. The van der Waals surface area contributed by atoms with Gasteiger partial charge in [0.1, 0.15) is 0 Å². The van der Waals surface area contributed by atoms with E-state index in [1.54, 1.807) is 0 Å². The van der Waals surface area contributed by atoms with E-state index in [4.69, 9.17) is 40.5 Å².